The minimum Gasteiger partial charge on any atom is -0.464 e. The van der Waals surface area contributed by atoms with E-state index in [-0.39, 0.29) is 32.2 Å². The Kier molecular flexibility index (Phi) is 7.68. The van der Waals surface area contributed by atoms with Crippen molar-refractivity contribution in [1.29, 1.82) is 0 Å². The van der Waals surface area contributed by atoms with Crippen LogP contribution in [0.4, 0.5) is 4.79 Å². The number of ether oxygens (including phenoxy) is 1. The van der Waals surface area contributed by atoms with Gasteiger partial charge in [-0.05, 0) is 51.5 Å². The summed E-state index contributed by atoms with van der Waals surface area (Å²) < 4.78 is 36.8. The summed E-state index contributed by atoms with van der Waals surface area (Å²) in [5, 5.41) is 15.6. The molecule has 0 radical (unpaired) electrons. The molecule has 10 nitrogen and oxygen atoms in total. The molecule has 2 heterocycles. The Morgan fingerprint density at radius 2 is 2.06 bits per heavy atom. The summed E-state index contributed by atoms with van der Waals surface area (Å²) in [5.74, 6) is 0.728. The number of carbonyl (C=O) groups is 1. The summed E-state index contributed by atoms with van der Waals surface area (Å²) in [4.78, 5) is 11.8. The predicted octanol–water partition coefficient (Wildman–Crippen LogP) is 3.11. The maximum atomic E-state index is 12.6. The van der Waals surface area contributed by atoms with Crippen molar-refractivity contribution in [1.82, 2.24) is 23.4 Å². The third-order valence-electron chi connectivity index (χ3n) is 5.10. The van der Waals surface area contributed by atoms with E-state index in [1.807, 2.05) is 49.7 Å². The van der Waals surface area contributed by atoms with Gasteiger partial charge in [-0.1, -0.05) is 11.6 Å². The van der Waals surface area contributed by atoms with Crippen molar-refractivity contribution in [3.8, 4) is 5.82 Å². The molecule has 33 heavy (non-hydrogen) atoms. The summed E-state index contributed by atoms with van der Waals surface area (Å²) in [6.45, 7) is 5.31. The summed E-state index contributed by atoms with van der Waals surface area (Å²) in [7, 11) is -2.46. The van der Waals surface area contributed by atoms with Crippen LogP contribution in [0, 0.1) is 6.92 Å². The predicted molar refractivity (Wildman–Crippen MR) is 126 cm³/mol. The lowest BCUT2D eigenvalue weighted by molar-refractivity contribution is 0.0831. The SMILES string of the molecule is Cc1nn(C)c(-n2ccc3cc(Cl)ccc32)c1CCN(C(=O)O)S(=O)(=O)NCCOC(C)C. The highest BCUT2D eigenvalue weighted by Crippen LogP contribution is 2.27. The number of aromatic nitrogens is 3. The molecule has 180 valence electrons. The zero-order valence-electron chi connectivity index (χ0n) is 18.9. The molecular weight excluding hydrogens is 470 g/mol. The van der Waals surface area contributed by atoms with Crippen molar-refractivity contribution in [2.45, 2.75) is 33.3 Å². The highest BCUT2D eigenvalue weighted by molar-refractivity contribution is 7.87. The van der Waals surface area contributed by atoms with E-state index in [0.717, 1.165) is 22.3 Å². The Balaban J connectivity index is 1.85. The second-order valence-corrected chi connectivity index (χ2v) is 9.94. The van der Waals surface area contributed by atoms with E-state index in [9.17, 15) is 18.3 Å². The summed E-state index contributed by atoms with van der Waals surface area (Å²) in [5.41, 5.74) is 2.33. The van der Waals surface area contributed by atoms with Gasteiger partial charge in [0.1, 0.15) is 5.82 Å². The molecule has 1 amide bonds. The maximum Gasteiger partial charge on any atom is 0.422 e. The van der Waals surface area contributed by atoms with Gasteiger partial charge in [0.25, 0.3) is 0 Å². The summed E-state index contributed by atoms with van der Waals surface area (Å²) in [6.07, 6.45) is 0.412. The average molecular weight is 498 g/mol. The second kappa shape index (κ2) is 10.1. The Morgan fingerprint density at radius 1 is 1.33 bits per heavy atom. The fourth-order valence-corrected chi connectivity index (χ4v) is 4.87. The van der Waals surface area contributed by atoms with Crippen LogP contribution in [0.25, 0.3) is 16.7 Å². The van der Waals surface area contributed by atoms with Crippen LogP contribution in [-0.4, -0.2) is 64.1 Å². The van der Waals surface area contributed by atoms with Crippen molar-refractivity contribution in [2.24, 2.45) is 7.05 Å². The molecule has 2 aromatic heterocycles. The number of carboxylic acid groups (broad SMARTS) is 1. The van der Waals surface area contributed by atoms with E-state index in [4.69, 9.17) is 16.3 Å². The molecule has 3 rings (SSSR count). The Morgan fingerprint density at radius 3 is 2.73 bits per heavy atom. The number of amides is 1. The van der Waals surface area contributed by atoms with E-state index in [1.54, 1.807) is 17.8 Å². The van der Waals surface area contributed by atoms with E-state index < -0.39 is 16.3 Å². The van der Waals surface area contributed by atoms with Gasteiger partial charge in [0.2, 0.25) is 0 Å². The van der Waals surface area contributed by atoms with Crippen molar-refractivity contribution >= 4 is 38.8 Å². The fraction of sp³-hybridized carbons (Fsp3) is 0.429. The van der Waals surface area contributed by atoms with E-state index in [2.05, 4.69) is 9.82 Å². The van der Waals surface area contributed by atoms with Crippen LogP contribution in [-0.2, 0) is 28.4 Å². The number of hydrogen-bond donors (Lipinski definition) is 2. The van der Waals surface area contributed by atoms with E-state index in [1.165, 1.54) is 0 Å². The molecule has 0 aliphatic heterocycles. The Labute approximate surface area is 197 Å². The number of nitrogens with zero attached hydrogens (tertiary/aromatic N) is 4. The molecule has 0 fully saturated rings. The molecule has 0 saturated carbocycles. The number of fused-ring (bicyclic) bond motifs is 1. The quantitative estimate of drug-likeness (QED) is 0.415. The molecule has 0 unspecified atom stereocenters. The highest BCUT2D eigenvalue weighted by Gasteiger charge is 2.28. The van der Waals surface area contributed by atoms with Crippen LogP contribution in [0.3, 0.4) is 0 Å². The van der Waals surface area contributed by atoms with Crippen LogP contribution < -0.4 is 4.72 Å². The molecule has 0 aliphatic carbocycles. The van der Waals surface area contributed by atoms with Gasteiger partial charge in [0.15, 0.2) is 0 Å². The molecule has 0 aliphatic rings. The molecule has 3 aromatic rings. The topological polar surface area (TPSA) is 119 Å². The van der Waals surface area contributed by atoms with Gasteiger partial charge in [0.05, 0.1) is 23.9 Å². The first kappa shape index (κ1) is 25.0. The second-order valence-electron chi connectivity index (χ2n) is 7.82. The molecule has 12 heteroatoms. The molecule has 0 bridgehead atoms. The van der Waals surface area contributed by atoms with Gasteiger partial charge in [-0.15, -0.1) is 0 Å². The highest BCUT2D eigenvalue weighted by atomic mass is 35.5. The molecule has 0 atom stereocenters. The molecule has 0 saturated heterocycles. The smallest absolute Gasteiger partial charge is 0.422 e. The molecule has 2 N–H and O–H groups in total. The van der Waals surface area contributed by atoms with Crippen LogP contribution in [0.5, 0.6) is 0 Å². The zero-order valence-corrected chi connectivity index (χ0v) is 20.5. The minimum absolute atomic E-state index is 0.0284. The average Bonchev–Trinajstić information content (AvgIpc) is 3.24. The normalized spacial score (nSPS) is 12.1. The van der Waals surface area contributed by atoms with Gasteiger partial charge in [0, 0.05) is 42.3 Å². The van der Waals surface area contributed by atoms with E-state index >= 15 is 0 Å². The number of rotatable bonds is 10. The lowest BCUT2D eigenvalue weighted by atomic mass is 10.1. The fourth-order valence-electron chi connectivity index (χ4n) is 3.66. The van der Waals surface area contributed by atoms with Crippen LogP contribution >= 0.6 is 11.6 Å². The third kappa shape index (κ3) is 5.67. The third-order valence-corrected chi connectivity index (χ3v) is 6.82. The Bertz CT molecular complexity index is 1250. The molecule has 0 spiro atoms. The monoisotopic (exact) mass is 497 g/mol. The van der Waals surface area contributed by atoms with Gasteiger partial charge >= 0.3 is 16.3 Å². The van der Waals surface area contributed by atoms with Gasteiger partial charge in [-0.2, -0.15) is 22.5 Å². The van der Waals surface area contributed by atoms with Crippen LogP contribution in [0.2, 0.25) is 5.02 Å². The largest absolute Gasteiger partial charge is 0.464 e. The minimum atomic E-state index is -4.25. The number of hydrogen-bond acceptors (Lipinski definition) is 5. The van der Waals surface area contributed by atoms with Crippen molar-refractivity contribution in [3.05, 3.63) is 46.7 Å². The maximum absolute atomic E-state index is 12.6. The van der Waals surface area contributed by atoms with Gasteiger partial charge in [-0.3, -0.25) is 4.68 Å². The van der Waals surface area contributed by atoms with Crippen LogP contribution in [0.1, 0.15) is 25.1 Å². The van der Waals surface area contributed by atoms with Crippen LogP contribution in [0.15, 0.2) is 30.5 Å². The lowest BCUT2D eigenvalue weighted by Crippen LogP contribution is -2.45. The van der Waals surface area contributed by atoms with Gasteiger partial charge in [-0.25, -0.2) is 4.79 Å². The summed E-state index contributed by atoms with van der Waals surface area (Å²) in [6, 6.07) is 7.45. The van der Waals surface area contributed by atoms with Crippen molar-refractivity contribution in [2.75, 3.05) is 19.7 Å². The van der Waals surface area contributed by atoms with Crippen molar-refractivity contribution < 1.29 is 23.1 Å². The zero-order chi connectivity index (χ0) is 24.3. The molecule has 1 aromatic carbocycles. The summed E-state index contributed by atoms with van der Waals surface area (Å²) >= 11 is 6.10. The first-order valence-corrected chi connectivity index (χ1v) is 12.2. The van der Waals surface area contributed by atoms with E-state index in [0.29, 0.717) is 15.0 Å². The number of nitrogens with one attached hydrogen (secondary N) is 1. The number of aryl methyl sites for hydroxylation is 2. The first-order chi connectivity index (χ1) is 15.5. The number of benzene rings is 1. The Hall–Kier alpha value is -2.60. The lowest BCUT2D eigenvalue weighted by Gasteiger charge is -2.20. The standard InChI is InChI=1S/C21H28ClN5O5S/c1-14(2)32-12-9-23-33(30,31)27(21(28)29)11-8-18-15(3)24-25(4)20(18)26-10-7-16-13-17(22)5-6-19(16)26/h5-7,10,13-14,23H,8-9,11-12H2,1-4H3,(H,28,29). The number of halogens is 1. The van der Waals surface area contributed by atoms with Gasteiger partial charge < -0.3 is 14.4 Å². The first-order valence-electron chi connectivity index (χ1n) is 10.4. The van der Waals surface area contributed by atoms with Crippen molar-refractivity contribution in [3.63, 3.8) is 0 Å². The molecular formula is C21H28ClN5O5S.